The lowest BCUT2D eigenvalue weighted by atomic mass is 9.99. The van der Waals surface area contributed by atoms with E-state index in [4.69, 9.17) is 4.74 Å². The molecule has 0 spiro atoms. The van der Waals surface area contributed by atoms with Crippen LogP contribution in [0, 0.1) is 0 Å². The molecule has 0 heterocycles. The Bertz CT molecular complexity index is 378. The van der Waals surface area contributed by atoms with Gasteiger partial charge >= 0.3 is 0 Å². The Hall–Kier alpha value is -0.900. The molecule has 1 fully saturated rings. The Kier molecular flexibility index (Phi) is 6.02. The maximum atomic E-state index is 5.28. The number of likely N-dealkylation sites (N-methyl/N-ethyl adjacent to an activating group) is 1. The van der Waals surface area contributed by atoms with Crippen LogP contribution in [0.25, 0.3) is 0 Å². The van der Waals surface area contributed by atoms with Gasteiger partial charge in [0.25, 0.3) is 0 Å². The zero-order valence-corrected chi connectivity index (χ0v) is 13.0. The van der Waals surface area contributed by atoms with E-state index in [0.29, 0.717) is 12.1 Å². The van der Waals surface area contributed by atoms with Gasteiger partial charge in [0.1, 0.15) is 0 Å². The molecule has 2 unspecified atom stereocenters. The van der Waals surface area contributed by atoms with Crippen molar-refractivity contribution < 1.29 is 4.74 Å². The Balaban J connectivity index is 2.10. The second-order valence-corrected chi connectivity index (χ2v) is 5.65. The third kappa shape index (κ3) is 4.05. The number of nitrogens with zero attached hydrogens (tertiary/aromatic N) is 1. The molecule has 1 aliphatic carbocycles. The number of benzene rings is 1. The van der Waals surface area contributed by atoms with Crippen LogP contribution < -0.4 is 5.32 Å². The largest absolute Gasteiger partial charge is 0.383 e. The van der Waals surface area contributed by atoms with Gasteiger partial charge in [-0.05, 0) is 31.9 Å². The summed E-state index contributed by atoms with van der Waals surface area (Å²) in [6.45, 7) is 7.35. The first-order valence-corrected chi connectivity index (χ1v) is 7.81. The average molecular weight is 276 g/mol. The normalized spacial score (nSPS) is 18.2. The molecule has 112 valence electrons. The van der Waals surface area contributed by atoms with Gasteiger partial charge in [0.05, 0.1) is 6.61 Å². The molecule has 2 atom stereocenters. The number of hydrogen-bond donors (Lipinski definition) is 1. The fourth-order valence-corrected chi connectivity index (χ4v) is 2.96. The molecule has 0 amide bonds. The molecule has 1 saturated carbocycles. The van der Waals surface area contributed by atoms with Crippen LogP contribution in [0.15, 0.2) is 30.3 Å². The van der Waals surface area contributed by atoms with E-state index >= 15 is 0 Å². The van der Waals surface area contributed by atoms with Gasteiger partial charge in [-0.3, -0.25) is 4.90 Å². The molecule has 0 radical (unpaired) electrons. The Morgan fingerprint density at radius 1 is 1.30 bits per heavy atom. The highest BCUT2D eigenvalue weighted by Gasteiger charge is 2.35. The summed E-state index contributed by atoms with van der Waals surface area (Å²) in [6, 6.07) is 12.4. The predicted octanol–water partition coefficient (Wildman–Crippen LogP) is 2.84. The van der Waals surface area contributed by atoms with Crippen molar-refractivity contribution in [2.24, 2.45) is 0 Å². The lowest BCUT2D eigenvalue weighted by Gasteiger charge is -2.35. The van der Waals surface area contributed by atoms with Gasteiger partial charge < -0.3 is 10.1 Å². The Labute approximate surface area is 123 Å². The first kappa shape index (κ1) is 15.5. The van der Waals surface area contributed by atoms with Crippen LogP contribution in [-0.4, -0.2) is 43.8 Å². The van der Waals surface area contributed by atoms with Crippen molar-refractivity contribution in [3.8, 4) is 0 Å². The summed E-state index contributed by atoms with van der Waals surface area (Å²) in [4.78, 5) is 2.61. The molecular formula is C17H28N2O. The van der Waals surface area contributed by atoms with Crippen molar-refractivity contribution in [2.75, 3.05) is 26.8 Å². The fourth-order valence-electron chi connectivity index (χ4n) is 2.96. The van der Waals surface area contributed by atoms with Gasteiger partial charge in [-0.1, -0.05) is 37.3 Å². The van der Waals surface area contributed by atoms with E-state index < -0.39 is 0 Å². The third-order valence-corrected chi connectivity index (χ3v) is 4.16. The molecule has 1 aliphatic rings. The quantitative estimate of drug-likeness (QED) is 0.750. The highest BCUT2D eigenvalue weighted by atomic mass is 16.5. The van der Waals surface area contributed by atoms with Crippen molar-refractivity contribution in [3.05, 3.63) is 35.9 Å². The molecule has 3 nitrogen and oxygen atoms in total. The van der Waals surface area contributed by atoms with Crippen LogP contribution in [-0.2, 0) is 4.74 Å². The van der Waals surface area contributed by atoms with Crippen LogP contribution >= 0.6 is 0 Å². The second kappa shape index (κ2) is 7.77. The fraction of sp³-hybridized carbons (Fsp3) is 0.647. The van der Waals surface area contributed by atoms with Gasteiger partial charge in [0.2, 0.25) is 0 Å². The average Bonchev–Trinajstić information content (AvgIpc) is 3.30. The predicted molar refractivity (Wildman–Crippen MR) is 83.9 cm³/mol. The van der Waals surface area contributed by atoms with Gasteiger partial charge in [-0.25, -0.2) is 0 Å². The van der Waals surface area contributed by atoms with Crippen LogP contribution in [0.3, 0.4) is 0 Å². The van der Waals surface area contributed by atoms with Crippen molar-refractivity contribution >= 4 is 0 Å². The Morgan fingerprint density at radius 2 is 2.00 bits per heavy atom. The summed E-state index contributed by atoms with van der Waals surface area (Å²) in [6.07, 6.45) is 2.67. The molecule has 20 heavy (non-hydrogen) atoms. The summed E-state index contributed by atoms with van der Waals surface area (Å²) < 4.78 is 5.28. The third-order valence-electron chi connectivity index (χ3n) is 4.16. The lowest BCUT2D eigenvalue weighted by molar-refractivity contribution is 0.103. The molecule has 1 aromatic rings. The maximum absolute atomic E-state index is 5.28. The van der Waals surface area contributed by atoms with Crippen LogP contribution in [0.2, 0.25) is 0 Å². The summed E-state index contributed by atoms with van der Waals surface area (Å²) in [7, 11) is 1.79. The highest BCUT2D eigenvalue weighted by molar-refractivity contribution is 5.20. The molecule has 0 aromatic heterocycles. The molecule has 1 aromatic carbocycles. The zero-order valence-electron chi connectivity index (χ0n) is 13.0. The molecule has 0 aliphatic heterocycles. The summed E-state index contributed by atoms with van der Waals surface area (Å²) >= 11 is 0. The standard InChI is InChI=1S/C17H28N2O/c1-4-18-17(15-8-6-5-7-9-15)14(2)19(12-13-20-3)16-10-11-16/h5-9,14,16-18H,4,10-13H2,1-3H3. The van der Waals surface area contributed by atoms with E-state index in [9.17, 15) is 0 Å². The summed E-state index contributed by atoms with van der Waals surface area (Å²) in [5.74, 6) is 0. The van der Waals surface area contributed by atoms with Gasteiger partial charge in [0.15, 0.2) is 0 Å². The van der Waals surface area contributed by atoms with Crippen molar-refractivity contribution in [1.29, 1.82) is 0 Å². The topological polar surface area (TPSA) is 24.5 Å². The van der Waals surface area contributed by atoms with Gasteiger partial charge in [-0.2, -0.15) is 0 Å². The van der Waals surface area contributed by atoms with Gasteiger partial charge in [0, 0.05) is 31.8 Å². The van der Waals surface area contributed by atoms with E-state index in [1.165, 1.54) is 18.4 Å². The first-order valence-electron chi connectivity index (χ1n) is 7.81. The molecule has 2 rings (SSSR count). The summed E-state index contributed by atoms with van der Waals surface area (Å²) in [5, 5.41) is 3.66. The lowest BCUT2D eigenvalue weighted by Crippen LogP contribution is -2.45. The minimum absolute atomic E-state index is 0.388. The maximum Gasteiger partial charge on any atom is 0.0589 e. The monoisotopic (exact) mass is 276 g/mol. The SMILES string of the molecule is CCNC(c1ccccc1)C(C)N(CCOC)C1CC1. The minimum Gasteiger partial charge on any atom is -0.383 e. The minimum atomic E-state index is 0.388. The highest BCUT2D eigenvalue weighted by Crippen LogP contribution is 2.32. The second-order valence-electron chi connectivity index (χ2n) is 5.65. The van der Waals surface area contributed by atoms with E-state index in [-0.39, 0.29) is 0 Å². The molecule has 0 bridgehead atoms. The first-order chi connectivity index (χ1) is 9.77. The number of rotatable bonds is 9. The van der Waals surface area contributed by atoms with Crippen LogP contribution in [0.5, 0.6) is 0 Å². The number of methoxy groups -OCH3 is 1. The van der Waals surface area contributed by atoms with Crippen LogP contribution in [0.1, 0.15) is 38.3 Å². The van der Waals surface area contributed by atoms with Crippen molar-refractivity contribution in [1.82, 2.24) is 10.2 Å². The van der Waals surface area contributed by atoms with E-state index in [2.05, 4.69) is 54.4 Å². The molecule has 1 N–H and O–H groups in total. The zero-order chi connectivity index (χ0) is 14.4. The van der Waals surface area contributed by atoms with Gasteiger partial charge in [-0.15, -0.1) is 0 Å². The number of nitrogens with one attached hydrogen (secondary N) is 1. The molecule has 0 saturated heterocycles. The van der Waals surface area contributed by atoms with E-state index in [1.54, 1.807) is 7.11 Å². The summed E-state index contributed by atoms with van der Waals surface area (Å²) in [5.41, 5.74) is 1.38. The van der Waals surface area contributed by atoms with Crippen molar-refractivity contribution in [2.45, 2.75) is 44.8 Å². The van der Waals surface area contributed by atoms with Crippen LogP contribution in [0.4, 0.5) is 0 Å². The molecular weight excluding hydrogens is 248 g/mol. The van der Waals surface area contributed by atoms with E-state index in [0.717, 1.165) is 25.7 Å². The van der Waals surface area contributed by atoms with E-state index in [1.807, 2.05) is 0 Å². The smallest absolute Gasteiger partial charge is 0.0589 e. The number of hydrogen-bond acceptors (Lipinski definition) is 3. The van der Waals surface area contributed by atoms with Crippen molar-refractivity contribution in [3.63, 3.8) is 0 Å². The Morgan fingerprint density at radius 3 is 2.55 bits per heavy atom. The number of ether oxygens (including phenoxy) is 1. The molecule has 3 heteroatoms.